The monoisotopic (exact) mass is 480 g/mol. The molecule has 34 heavy (non-hydrogen) atoms. The molecule has 4 heteroatoms. The quantitative estimate of drug-likeness (QED) is 0.291. The van der Waals surface area contributed by atoms with Gasteiger partial charge in [-0.25, -0.2) is 0 Å². The van der Waals surface area contributed by atoms with Gasteiger partial charge in [-0.05, 0) is 49.9 Å². The van der Waals surface area contributed by atoms with Gasteiger partial charge < -0.3 is 0 Å². The van der Waals surface area contributed by atoms with E-state index in [1.165, 1.54) is 41.8 Å². The highest BCUT2D eigenvalue weighted by atomic mass is 32.1. The molecule has 3 aliphatic carbocycles. The van der Waals surface area contributed by atoms with Crippen molar-refractivity contribution in [2.24, 2.45) is 11.8 Å². The molecule has 0 aliphatic heterocycles. The fraction of sp³-hybridized carbons (Fsp3) is 0.267. The number of carbonyl (C=O) groups excluding carboxylic acids is 2. The largest absolute Gasteiger partial charge is 0.294 e. The number of benzene rings is 2. The maximum absolute atomic E-state index is 13.5. The molecule has 2 aromatic carbocycles. The standard InChI is InChI=1S/C30H24O2S2/c1-15-3-7-17(8-4-15)25-13-23-27(31)19-12-22-20(11-21(19)29(23)33-25)28(32)24-14-26(34-30(22)24)18-9-5-16(2)6-10-18/h3-10,13-14,19-22H,11-12H2,1-2H3. The molecule has 4 atom stereocenters. The summed E-state index contributed by atoms with van der Waals surface area (Å²) in [4.78, 5) is 31.8. The van der Waals surface area contributed by atoms with Gasteiger partial charge in [0, 0.05) is 54.3 Å². The second-order valence-corrected chi connectivity index (χ2v) is 12.3. The maximum atomic E-state index is 13.5. The summed E-state index contributed by atoms with van der Waals surface area (Å²) in [5.41, 5.74) is 6.64. The Kier molecular flexibility index (Phi) is 4.43. The van der Waals surface area contributed by atoms with Crippen molar-refractivity contribution >= 4 is 34.2 Å². The Bertz CT molecular complexity index is 1360. The van der Waals surface area contributed by atoms with E-state index in [0.717, 1.165) is 24.0 Å². The van der Waals surface area contributed by atoms with Gasteiger partial charge >= 0.3 is 0 Å². The average molecular weight is 481 g/mol. The van der Waals surface area contributed by atoms with E-state index in [1.54, 1.807) is 22.7 Å². The molecular formula is C30H24O2S2. The lowest BCUT2D eigenvalue weighted by molar-refractivity contribution is 0.0790. The first-order valence-corrected chi connectivity index (χ1v) is 13.6. The van der Waals surface area contributed by atoms with E-state index in [1.807, 2.05) is 0 Å². The van der Waals surface area contributed by atoms with E-state index < -0.39 is 0 Å². The molecule has 4 unspecified atom stereocenters. The van der Waals surface area contributed by atoms with E-state index in [2.05, 4.69) is 74.5 Å². The highest BCUT2D eigenvalue weighted by Gasteiger charge is 2.53. The van der Waals surface area contributed by atoms with Crippen LogP contribution in [0.1, 0.15) is 66.3 Å². The van der Waals surface area contributed by atoms with Gasteiger partial charge in [-0.15, -0.1) is 22.7 Å². The van der Waals surface area contributed by atoms with Gasteiger partial charge in [0.05, 0.1) is 0 Å². The molecule has 2 nitrogen and oxygen atoms in total. The van der Waals surface area contributed by atoms with Crippen LogP contribution in [0.5, 0.6) is 0 Å². The number of hydrogen-bond donors (Lipinski definition) is 0. The average Bonchev–Trinajstić information content (AvgIpc) is 3.58. The summed E-state index contributed by atoms with van der Waals surface area (Å²) >= 11 is 3.53. The lowest BCUT2D eigenvalue weighted by Gasteiger charge is -2.33. The minimum absolute atomic E-state index is 0.0262. The lowest BCUT2D eigenvalue weighted by atomic mass is 9.70. The van der Waals surface area contributed by atoms with Crippen LogP contribution in [0, 0.1) is 25.7 Å². The molecule has 0 spiro atoms. The first-order chi connectivity index (χ1) is 16.5. The number of fused-ring (bicyclic) bond motifs is 6. The van der Waals surface area contributed by atoms with Crippen LogP contribution in [0.25, 0.3) is 20.9 Å². The molecule has 0 saturated heterocycles. The molecule has 3 aliphatic rings. The Morgan fingerprint density at radius 1 is 0.588 bits per heavy atom. The normalized spacial score (nSPS) is 24.6. The molecule has 0 radical (unpaired) electrons. The minimum atomic E-state index is 0.0262. The maximum Gasteiger partial charge on any atom is 0.167 e. The van der Waals surface area contributed by atoms with Gasteiger partial charge in [-0.3, -0.25) is 9.59 Å². The smallest absolute Gasteiger partial charge is 0.167 e. The predicted molar refractivity (Wildman–Crippen MR) is 139 cm³/mol. The van der Waals surface area contributed by atoms with Gasteiger partial charge in [0.2, 0.25) is 0 Å². The van der Waals surface area contributed by atoms with Gasteiger partial charge in [0.1, 0.15) is 0 Å². The zero-order chi connectivity index (χ0) is 23.1. The van der Waals surface area contributed by atoms with Crippen LogP contribution in [-0.4, -0.2) is 11.6 Å². The zero-order valence-corrected chi connectivity index (χ0v) is 20.8. The molecular weight excluding hydrogens is 456 g/mol. The van der Waals surface area contributed by atoms with Crippen LogP contribution in [0.4, 0.5) is 0 Å². The third kappa shape index (κ3) is 2.91. The summed E-state index contributed by atoms with van der Waals surface area (Å²) in [5, 5.41) is 0. The second-order valence-electron chi connectivity index (χ2n) is 10.1. The summed E-state index contributed by atoms with van der Waals surface area (Å²) < 4.78 is 0. The Morgan fingerprint density at radius 2 is 0.971 bits per heavy atom. The number of aryl methyl sites for hydroxylation is 2. The Morgan fingerprint density at radius 3 is 1.35 bits per heavy atom. The van der Waals surface area contributed by atoms with Crippen LogP contribution in [0.2, 0.25) is 0 Å². The number of thiophene rings is 2. The number of carbonyl (C=O) groups is 2. The van der Waals surface area contributed by atoms with E-state index in [4.69, 9.17) is 0 Å². The van der Waals surface area contributed by atoms with Crippen LogP contribution in [0.15, 0.2) is 60.7 Å². The van der Waals surface area contributed by atoms with Crippen molar-refractivity contribution in [1.82, 2.24) is 0 Å². The van der Waals surface area contributed by atoms with E-state index in [0.29, 0.717) is 11.6 Å². The fourth-order valence-corrected chi connectivity index (χ4v) is 8.93. The predicted octanol–water partition coefficient (Wildman–Crippen LogP) is 8.05. The van der Waals surface area contributed by atoms with Crippen LogP contribution < -0.4 is 0 Å². The van der Waals surface area contributed by atoms with Crippen LogP contribution in [-0.2, 0) is 0 Å². The van der Waals surface area contributed by atoms with E-state index in [-0.39, 0.29) is 23.7 Å². The summed E-state index contributed by atoms with van der Waals surface area (Å²) in [6.07, 6.45) is 1.62. The molecule has 2 heterocycles. The third-order valence-electron chi connectivity index (χ3n) is 8.06. The number of Topliss-reactive ketones (excluding diaryl/α,β-unsaturated/α-hetero) is 2. The topological polar surface area (TPSA) is 34.1 Å². The van der Waals surface area contributed by atoms with Crippen molar-refractivity contribution in [3.63, 3.8) is 0 Å². The zero-order valence-electron chi connectivity index (χ0n) is 19.1. The Balaban J connectivity index is 1.21. The number of ketones is 2. The van der Waals surface area contributed by atoms with Crippen molar-refractivity contribution in [3.8, 4) is 20.9 Å². The summed E-state index contributed by atoms with van der Waals surface area (Å²) in [6.45, 7) is 4.18. The fourth-order valence-electron chi connectivity index (χ4n) is 6.23. The Hall–Kier alpha value is -2.82. The highest BCUT2D eigenvalue weighted by Crippen LogP contribution is 2.60. The van der Waals surface area contributed by atoms with Crippen molar-refractivity contribution in [2.75, 3.05) is 0 Å². The van der Waals surface area contributed by atoms with E-state index >= 15 is 0 Å². The first kappa shape index (κ1) is 20.5. The Labute approximate surface area is 207 Å². The molecule has 0 bridgehead atoms. The SMILES string of the molecule is Cc1ccc(-c2cc3c(s2)C2CC4C(=O)c5cc(-c6ccc(C)cc6)sc5C4CC2C3=O)cc1. The van der Waals surface area contributed by atoms with Crippen molar-refractivity contribution in [2.45, 2.75) is 38.5 Å². The summed E-state index contributed by atoms with van der Waals surface area (Å²) in [6, 6.07) is 21.3. The highest BCUT2D eigenvalue weighted by molar-refractivity contribution is 7.16. The van der Waals surface area contributed by atoms with Crippen LogP contribution in [0.3, 0.4) is 0 Å². The molecule has 4 aromatic rings. The third-order valence-corrected chi connectivity index (χ3v) is 10.7. The molecule has 1 fully saturated rings. The van der Waals surface area contributed by atoms with Gasteiger partial charge in [-0.2, -0.15) is 0 Å². The molecule has 2 aromatic heterocycles. The lowest BCUT2D eigenvalue weighted by Crippen LogP contribution is -2.29. The molecule has 0 N–H and O–H groups in total. The summed E-state index contributed by atoms with van der Waals surface area (Å²) in [5.74, 6) is 1.04. The second kappa shape index (κ2) is 7.34. The van der Waals surface area contributed by atoms with Gasteiger partial charge in [-0.1, -0.05) is 59.7 Å². The molecule has 1 saturated carbocycles. The molecule has 7 rings (SSSR count). The van der Waals surface area contributed by atoms with Crippen LogP contribution >= 0.6 is 22.7 Å². The van der Waals surface area contributed by atoms with Crippen molar-refractivity contribution < 1.29 is 9.59 Å². The van der Waals surface area contributed by atoms with Gasteiger partial charge in [0.25, 0.3) is 0 Å². The van der Waals surface area contributed by atoms with E-state index in [9.17, 15) is 9.59 Å². The van der Waals surface area contributed by atoms with Gasteiger partial charge in [0.15, 0.2) is 11.6 Å². The molecule has 0 amide bonds. The van der Waals surface area contributed by atoms with Crippen molar-refractivity contribution in [1.29, 1.82) is 0 Å². The number of rotatable bonds is 2. The molecule has 168 valence electrons. The summed E-state index contributed by atoms with van der Waals surface area (Å²) in [7, 11) is 0. The number of hydrogen-bond acceptors (Lipinski definition) is 4. The van der Waals surface area contributed by atoms with Crippen molar-refractivity contribution in [3.05, 3.63) is 92.7 Å². The first-order valence-electron chi connectivity index (χ1n) is 12.0. The minimum Gasteiger partial charge on any atom is -0.294 e.